The second kappa shape index (κ2) is 9.48. The van der Waals surface area contributed by atoms with Gasteiger partial charge in [-0.25, -0.2) is 4.90 Å². The number of ether oxygens (including phenoxy) is 1. The van der Waals surface area contributed by atoms with Crippen molar-refractivity contribution in [1.29, 1.82) is 0 Å². The van der Waals surface area contributed by atoms with Crippen LogP contribution in [0.15, 0.2) is 88.0 Å². The van der Waals surface area contributed by atoms with Crippen molar-refractivity contribution in [3.05, 3.63) is 93.6 Å². The van der Waals surface area contributed by atoms with Gasteiger partial charge in [-0.2, -0.15) is 0 Å². The summed E-state index contributed by atoms with van der Waals surface area (Å²) < 4.78 is 6.07. The normalized spacial score (nSPS) is 13.4. The monoisotopic (exact) mass is 525 g/mol. The Bertz CT molecular complexity index is 1290. The predicted octanol–water partition coefficient (Wildman–Crippen LogP) is 5.15. The van der Waals surface area contributed by atoms with Gasteiger partial charge < -0.3 is 15.4 Å². The van der Waals surface area contributed by atoms with Crippen molar-refractivity contribution in [1.82, 2.24) is 0 Å². The Labute approximate surface area is 203 Å². The Balaban J connectivity index is 1.54. The minimum absolute atomic E-state index is 0.0631. The van der Waals surface area contributed by atoms with Crippen LogP contribution in [0.1, 0.15) is 10.4 Å². The zero-order chi connectivity index (χ0) is 23.5. The lowest BCUT2D eigenvalue weighted by atomic mass is 10.1. The molecule has 3 aromatic rings. The van der Waals surface area contributed by atoms with E-state index in [1.165, 1.54) is 7.11 Å². The second-order valence-corrected chi connectivity index (χ2v) is 8.26. The topological polar surface area (TPSA) is 87.7 Å². The zero-order valence-corrected chi connectivity index (χ0v) is 19.6. The highest BCUT2D eigenvalue weighted by Gasteiger charge is 2.39. The lowest BCUT2D eigenvalue weighted by Gasteiger charge is -2.15. The molecule has 0 spiro atoms. The Morgan fingerprint density at radius 3 is 2.42 bits per heavy atom. The molecule has 3 aromatic carbocycles. The number of nitrogens with one attached hydrogen (secondary N) is 2. The van der Waals surface area contributed by atoms with Gasteiger partial charge in [0.05, 0.1) is 18.5 Å². The molecular formula is C24H17BrClN3O4. The van der Waals surface area contributed by atoms with Gasteiger partial charge in [-0.1, -0.05) is 45.7 Å². The van der Waals surface area contributed by atoms with E-state index in [1.807, 2.05) is 0 Å². The van der Waals surface area contributed by atoms with E-state index in [0.29, 0.717) is 28.4 Å². The molecule has 33 heavy (non-hydrogen) atoms. The van der Waals surface area contributed by atoms with Crippen molar-refractivity contribution in [3.63, 3.8) is 0 Å². The van der Waals surface area contributed by atoms with Crippen LogP contribution in [0.4, 0.5) is 17.1 Å². The molecule has 1 aliphatic rings. The maximum absolute atomic E-state index is 12.9. The van der Waals surface area contributed by atoms with Gasteiger partial charge in [0, 0.05) is 15.7 Å². The van der Waals surface area contributed by atoms with Crippen LogP contribution >= 0.6 is 27.5 Å². The van der Waals surface area contributed by atoms with Gasteiger partial charge in [0.15, 0.2) is 0 Å². The summed E-state index contributed by atoms with van der Waals surface area (Å²) >= 11 is 9.52. The first-order valence-corrected chi connectivity index (χ1v) is 10.9. The third kappa shape index (κ3) is 4.62. The molecule has 0 atom stereocenters. The van der Waals surface area contributed by atoms with Crippen LogP contribution in [0.25, 0.3) is 0 Å². The smallest absolute Gasteiger partial charge is 0.283 e. The number of imide groups is 1. The molecule has 0 saturated heterocycles. The van der Waals surface area contributed by atoms with Crippen molar-refractivity contribution in [2.24, 2.45) is 0 Å². The molecule has 0 bridgehead atoms. The van der Waals surface area contributed by atoms with Gasteiger partial charge in [-0.3, -0.25) is 14.4 Å². The number of benzene rings is 3. The molecule has 9 heteroatoms. The Morgan fingerprint density at radius 2 is 1.70 bits per heavy atom. The first-order chi connectivity index (χ1) is 15.9. The van der Waals surface area contributed by atoms with Crippen LogP contribution in [-0.2, 0) is 9.59 Å². The van der Waals surface area contributed by atoms with E-state index in [1.54, 1.807) is 72.8 Å². The fourth-order valence-electron chi connectivity index (χ4n) is 3.26. The van der Waals surface area contributed by atoms with E-state index in [2.05, 4.69) is 26.6 Å². The quantitative estimate of drug-likeness (QED) is 0.434. The van der Waals surface area contributed by atoms with Crippen molar-refractivity contribution in [2.45, 2.75) is 0 Å². The van der Waals surface area contributed by atoms with E-state index < -0.39 is 11.8 Å². The fraction of sp³-hybridized carbons (Fsp3) is 0.0417. The average Bonchev–Trinajstić information content (AvgIpc) is 3.03. The maximum atomic E-state index is 12.9. The van der Waals surface area contributed by atoms with Crippen LogP contribution in [0, 0.1) is 0 Å². The van der Waals surface area contributed by atoms with Crippen LogP contribution in [0.2, 0.25) is 0 Å². The summed E-state index contributed by atoms with van der Waals surface area (Å²) in [6, 6.07) is 20.3. The molecule has 0 fully saturated rings. The van der Waals surface area contributed by atoms with Crippen LogP contribution in [0.5, 0.6) is 5.75 Å². The molecule has 0 aromatic heterocycles. The fourth-order valence-corrected chi connectivity index (χ4v) is 3.74. The number of halogens is 2. The van der Waals surface area contributed by atoms with Crippen molar-refractivity contribution < 1.29 is 19.1 Å². The lowest BCUT2D eigenvalue weighted by Crippen LogP contribution is -2.32. The van der Waals surface area contributed by atoms with Crippen LogP contribution in [-0.4, -0.2) is 24.8 Å². The zero-order valence-electron chi connectivity index (χ0n) is 17.3. The van der Waals surface area contributed by atoms with Crippen molar-refractivity contribution in [3.8, 4) is 5.75 Å². The highest BCUT2D eigenvalue weighted by molar-refractivity contribution is 9.10. The number of amides is 3. The molecule has 7 nitrogen and oxygen atoms in total. The molecule has 0 radical (unpaired) electrons. The average molecular weight is 527 g/mol. The molecule has 4 rings (SSSR count). The van der Waals surface area contributed by atoms with Gasteiger partial charge in [0.1, 0.15) is 16.5 Å². The van der Waals surface area contributed by atoms with E-state index in [9.17, 15) is 14.4 Å². The third-order valence-electron chi connectivity index (χ3n) is 4.86. The first kappa shape index (κ1) is 22.6. The highest BCUT2D eigenvalue weighted by Crippen LogP contribution is 2.31. The predicted molar refractivity (Wildman–Crippen MR) is 131 cm³/mol. The molecule has 3 amide bonds. The number of carbonyl (C=O) groups excluding carboxylic acids is 3. The molecule has 0 saturated carbocycles. The Hall–Kier alpha value is -3.62. The summed E-state index contributed by atoms with van der Waals surface area (Å²) in [5.41, 5.74) is 1.62. The van der Waals surface area contributed by atoms with E-state index in [-0.39, 0.29) is 16.6 Å². The van der Waals surface area contributed by atoms with E-state index >= 15 is 0 Å². The second-order valence-electron chi connectivity index (χ2n) is 6.97. The van der Waals surface area contributed by atoms with Gasteiger partial charge in [-0.05, 0) is 54.6 Å². The molecule has 0 aliphatic carbocycles. The van der Waals surface area contributed by atoms with Gasteiger partial charge in [-0.15, -0.1) is 0 Å². The summed E-state index contributed by atoms with van der Waals surface area (Å²) in [6.45, 7) is 0. The minimum Gasteiger partial charge on any atom is -0.495 e. The van der Waals surface area contributed by atoms with E-state index in [4.69, 9.17) is 16.3 Å². The number of nitrogens with zero attached hydrogens (tertiary/aromatic N) is 1. The number of para-hydroxylation sites is 2. The van der Waals surface area contributed by atoms with E-state index in [0.717, 1.165) is 9.37 Å². The molecule has 0 unspecified atom stereocenters. The summed E-state index contributed by atoms with van der Waals surface area (Å²) in [6.07, 6.45) is 0. The number of anilines is 3. The number of rotatable bonds is 6. The number of hydrogen-bond donors (Lipinski definition) is 2. The largest absolute Gasteiger partial charge is 0.495 e. The minimum atomic E-state index is -0.628. The lowest BCUT2D eigenvalue weighted by molar-refractivity contribution is -0.120. The van der Waals surface area contributed by atoms with Crippen molar-refractivity contribution in [2.75, 3.05) is 22.6 Å². The summed E-state index contributed by atoms with van der Waals surface area (Å²) in [4.78, 5) is 39.3. The molecule has 1 aliphatic heterocycles. The highest BCUT2D eigenvalue weighted by atomic mass is 79.9. The number of methoxy groups -OCH3 is 1. The van der Waals surface area contributed by atoms with Crippen LogP contribution in [0.3, 0.4) is 0 Å². The third-order valence-corrected chi connectivity index (χ3v) is 5.74. The van der Waals surface area contributed by atoms with Gasteiger partial charge in [0.25, 0.3) is 17.7 Å². The van der Waals surface area contributed by atoms with Gasteiger partial charge in [0.2, 0.25) is 0 Å². The summed E-state index contributed by atoms with van der Waals surface area (Å²) in [7, 11) is 1.52. The summed E-state index contributed by atoms with van der Waals surface area (Å²) in [5.74, 6) is -1.05. The number of hydrogen-bond acceptors (Lipinski definition) is 5. The Morgan fingerprint density at radius 1 is 0.970 bits per heavy atom. The number of carbonyl (C=O) groups is 3. The Kier molecular flexibility index (Phi) is 6.48. The van der Waals surface area contributed by atoms with Gasteiger partial charge >= 0.3 is 0 Å². The first-order valence-electron chi connectivity index (χ1n) is 9.74. The van der Waals surface area contributed by atoms with Crippen LogP contribution < -0.4 is 20.3 Å². The standard InChI is InChI=1S/C24H17BrClN3O4/c1-33-19-8-3-2-7-18(19)28-22(30)14-5-4-6-16(13-14)27-21-20(26)23(31)29(24(21)32)17-11-9-15(25)10-12-17/h2-13,27H,1H3,(H,28,30). The molecular weight excluding hydrogens is 510 g/mol. The summed E-state index contributed by atoms with van der Waals surface area (Å²) in [5, 5.41) is 5.45. The van der Waals surface area contributed by atoms with Crippen molar-refractivity contribution >= 4 is 62.3 Å². The molecule has 166 valence electrons. The molecule has 1 heterocycles. The maximum Gasteiger partial charge on any atom is 0.283 e. The SMILES string of the molecule is COc1ccccc1NC(=O)c1cccc(NC2=C(Cl)C(=O)N(c3ccc(Br)cc3)C2=O)c1. The molecule has 2 N–H and O–H groups in total.